The first kappa shape index (κ1) is 32.2. The van der Waals surface area contributed by atoms with E-state index in [2.05, 4.69) is 90.0 Å². The van der Waals surface area contributed by atoms with Gasteiger partial charge in [-0.15, -0.1) is 0 Å². The van der Waals surface area contributed by atoms with Gasteiger partial charge in [-0.05, 0) is 240 Å². The molecule has 0 heterocycles. The Labute approximate surface area is 254 Å². The van der Waals surface area contributed by atoms with Crippen LogP contribution in [0.4, 0.5) is 8.78 Å². The SMILES string of the molecule is Cc1c(C)c(C)c(-c2c(C)c(C)c(-c3c(C)c(C)c(C4CCC(CC=C(F)F)CC4)c(C)c3C)c(C)c2C)c(C)c1C. The maximum atomic E-state index is 12.7. The van der Waals surface area contributed by atoms with Crippen LogP contribution in [0.2, 0.25) is 0 Å². The molecule has 0 aromatic heterocycles. The molecule has 1 aliphatic carbocycles. The largest absolute Gasteiger partial charge is 0.266 e. The zero-order valence-corrected chi connectivity index (χ0v) is 28.5. The van der Waals surface area contributed by atoms with Crippen LogP contribution in [-0.4, -0.2) is 0 Å². The highest BCUT2D eigenvalue weighted by molar-refractivity contribution is 5.88. The van der Waals surface area contributed by atoms with Gasteiger partial charge >= 0.3 is 0 Å². The predicted molar refractivity (Wildman–Crippen MR) is 179 cm³/mol. The van der Waals surface area contributed by atoms with Crippen molar-refractivity contribution in [2.75, 3.05) is 0 Å². The molecule has 2 heteroatoms. The first-order valence-electron chi connectivity index (χ1n) is 15.9. The highest BCUT2D eigenvalue weighted by Crippen LogP contribution is 2.48. The first-order valence-corrected chi connectivity index (χ1v) is 15.9. The average Bonchev–Trinajstić information content (AvgIpc) is 2.96. The smallest absolute Gasteiger partial charge is 0.174 e. The Balaban J connectivity index is 1.86. The molecule has 0 bridgehead atoms. The quantitative estimate of drug-likeness (QED) is 0.286. The molecule has 3 aromatic rings. The van der Waals surface area contributed by atoms with Crippen LogP contribution in [0.3, 0.4) is 0 Å². The van der Waals surface area contributed by atoms with Crippen molar-refractivity contribution in [1.29, 1.82) is 0 Å². The Kier molecular flexibility index (Phi) is 9.27. The summed E-state index contributed by atoms with van der Waals surface area (Å²) in [6.07, 6.45) is 4.33. The second-order valence-electron chi connectivity index (χ2n) is 13.5. The van der Waals surface area contributed by atoms with E-state index in [4.69, 9.17) is 0 Å². The minimum absolute atomic E-state index is 0.382. The van der Waals surface area contributed by atoms with Gasteiger partial charge in [0.25, 0.3) is 6.08 Å². The molecule has 1 aliphatic rings. The molecule has 0 radical (unpaired) electrons. The van der Waals surface area contributed by atoms with Crippen molar-refractivity contribution in [3.8, 4) is 22.3 Å². The van der Waals surface area contributed by atoms with Crippen molar-refractivity contribution in [2.45, 2.75) is 128 Å². The van der Waals surface area contributed by atoms with Gasteiger partial charge < -0.3 is 0 Å². The van der Waals surface area contributed by atoms with E-state index in [-0.39, 0.29) is 0 Å². The lowest BCUT2D eigenvalue weighted by molar-refractivity contribution is 0.321. The fourth-order valence-electron chi connectivity index (χ4n) is 8.21. The topological polar surface area (TPSA) is 0 Å². The van der Waals surface area contributed by atoms with E-state index in [1.54, 1.807) is 0 Å². The summed E-state index contributed by atoms with van der Waals surface area (Å²) in [4.78, 5) is 0. The second-order valence-corrected chi connectivity index (χ2v) is 13.5. The molecular formula is C40H52F2. The lowest BCUT2D eigenvalue weighted by Crippen LogP contribution is -2.16. The molecule has 0 unspecified atom stereocenters. The number of hydrogen-bond donors (Lipinski definition) is 0. The van der Waals surface area contributed by atoms with Gasteiger partial charge in [-0.25, -0.2) is 0 Å². The standard InChI is InChI=1S/C40H52F2/c1-20-21(2)23(4)37(24(5)22(20)3)39-29(10)31(12)40(32(13)30(39)11)38-27(8)25(6)36(26(7)28(38)9)34-17-14-33(15-18-34)16-19-35(41)42/h19,33-34H,14-18H2,1-13H3. The molecule has 1 fully saturated rings. The third-order valence-electron chi connectivity index (χ3n) is 11.7. The lowest BCUT2D eigenvalue weighted by Gasteiger charge is -2.33. The van der Waals surface area contributed by atoms with Crippen LogP contribution in [0.5, 0.6) is 0 Å². The van der Waals surface area contributed by atoms with Gasteiger partial charge in [0.2, 0.25) is 0 Å². The second kappa shape index (κ2) is 12.1. The summed E-state index contributed by atoms with van der Waals surface area (Å²) in [5, 5.41) is 0. The van der Waals surface area contributed by atoms with Crippen LogP contribution in [0.1, 0.15) is 116 Å². The molecule has 0 saturated heterocycles. The first-order chi connectivity index (χ1) is 19.6. The van der Waals surface area contributed by atoms with Gasteiger partial charge in [0, 0.05) is 0 Å². The Morgan fingerprint density at radius 3 is 1.07 bits per heavy atom. The minimum Gasteiger partial charge on any atom is -0.174 e. The van der Waals surface area contributed by atoms with Gasteiger partial charge in [0.05, 0.1) is 0 Å². The number of benzene rings is 3. The molecule has 1 saturated carbocycles. The fourth-order valence-corrected chi connectivity index (χ4v) is 8.21. The Morgan fingerprint density at radius 1 is 0.452 bits per heavy atom. The maximum absolute atomic E-state index is 12.7. The highest BCUT2D eigenvalue weighted by atomic mass is 19.3. The zero-order chi connectivity index (χ0) is 31.4. The lowest BCUT2D eigenvalue weighted by atomic mass is 9.72. The maximum Gasteiger partial charge on any atom is 0.266 e. The van der Waals surface area contributed by atoms with Crippen LogP contribution in [0.25, 0.3) is 22.3 Å². The minimum atomic E-state index is -1.54. The number of hydrogen-bond acceptors (Lipinski definition) is 0. The van der Waals surface area contributed by atoms with Gasteiger partial charge in [-0.2, -0.15) is 8.78 Å². The Hall–Kier alpha value is -2.74. The number of halogens is 2. The van der Waals surface area contributed by atoms with E-state index < -0.39 is 6.08 Å². The van der Waals surface area contributed by atoms with E-state index >= 15 is 0 Å². The van der Waals surface area contributed by atoms with Crippen molar-refractivity contribution >= 4 is 0 Å². The Bertz CT molecular complexity index is 1500. The molecule has 226 valence electrons. The highest BCUT2D eigenvalue weighted by Gasteiger charge is 2.29. The molecule has 0 spiro atoms. The molecule has 3 aromatic carbocycles. The summed E-state index contributed by atoms with van der Waals surface area (Å²) in [5.74, 6) is 0.895. The van der Waals surface area contributed by atoms with E-state index in [0.717, 1.165) is 31.8 Å². The van der Waals surface area contributed by atoms with E-state index in [9.17, 15) is 8.78 Å². The van der Waals surface area contributed by atoms with Crippen molar-refractivity contribution in [3.63, 3.8) is 0 Å². The van der Waals surface area contributed by atoms with Crippen LogP contribution in [0.15, 0.2) is 12.2 Å². The summed E-state index contributed by atoms with van der Waals surface area (Å²) in [6.45, 7) is 30.0. The Morgan fingerprint density at radius 2 is 0.738 bits per heavy atom. The van der Waals surface area contributed by atoms with E-state index in [0.29, 0.717) is 18.3 Å². The third kappa shape index (κ3) is 5.29. The van der Waals surface area contributed by atoms with Crippen LogP contribution >= 0.6 is 0 Å². The summed E-state index contributed by atoms with van der Waals surface area (Å²) in [7, 11) is 0. The van der Waals surface area contributed by atoms with Crippen LogP contribution in [-0.2, 0) is 0 Å². The molecule has 42 heavy (non-hydrogen) atoms. The summed E-state index contributed by atoms with van der Waals surface area (Å²) >= 11 is 0. The summed E-state index contributed by atoms with van der Waals surface area (Å²) in [5.41, 5.74) is 25.3. The molecular weight excluding hydrogens is 518 g/mol. The van der Waals surface area contributed by atoms with Crippen molar-refractivity contribution in [3.05, 3.63) is 90.0 Å². The zero-order valence-electron chi connectivity index (χ0n) is 28.5. The van der Waals surface area contributed by atoms with Crippen LogP contribution < -0.4 is 0 Å². The molecule has 0 amide bonds. The number of allylic oxidation sites excluding steroid dienone is 1. The summed E-state index contributed by atoms with van der Waals surface area (Å²) < 4.78 is 25.3. The van der Waals surface area contributed by atoms with Crippen molar-refractivity contribution in [2.24, 2.45) is 5.92 Å². The molecule has 0 N–H and O–H groups in total. The van der Waals surface area contributed by atoms with Crippen LogP contribution in [0, 0.1) is 95.9 Å². The third-order valence-corrected chi connectivity index (χ3v) is 11.7. The summed E-state index contributed by atoms with van der Waals surface area (Å²) in [6, 6.07) is 0. The van der Waals surface area contributed by atoms with Crippen molar-refractivity contribution < 1.29 is 8.78 Å². The van der Waals surface area contributed by atoms with Gasteiger partial charge in [-0.1, -0.05) is 0 Å². The van der Waals surface area contributed by atoms with Crippen molar-refractivity contribution in [1.82, 2.24) is 0 Å². The van der Waals surface area contributed by atoms with E-state index in [1.807, 2.05) is 0 Å². The molecule has 0 atom stereocenters. The van der Waals surface area contributed by atoms with E-state index in [1.165, 1.54) is 100 Å². The predicted octanol–water partition coefficient (Wildman–Crippen LogP) is 12.5. The monoisotopic (exact) mass is 570 g/mol. The van der Waals surface area contributed by atoms with Gasteiger partial charge in [-0.3, -0.25) is 0 Å². The number of rotatable bonds is 5. The normalized spacial score (nSPS) is 17.1. The average molecular weight is 571 g/mol. The molecule has 4 rings (SSSR count). The fraction of sp³-hybridized carbons (Fsp3) is 0.500. The molecule has 0 nitrogen and oxygen atoms in total. The van der Waals surface area contributed by atoms with Gasteiger partial charge in [0.15, 0.2) is 0 Å². The molecule has 0 aliphatic heterocycles. The van der Waals surface area contributed by atoms with Gasteiger partial charge in [0.1, 0.15) is 0 Å².